The van der Waals surface area contributed by atoms with Crippen molar-refractivity contribution in [3.8, 4) is 0 Å². The van der Waals surface area contributed by atoms with E-state index in [9.17, 15) is 4.39 Å². The van der Waals surface area contributed by atoms with Crippen molar-refractivity contribution in [2.45, 2.75) is 23.4 Å². The third-order valence-electron chi connectivity index (χ3n) is 1.82. The van der Waals surface area contributed by atoms with Crippen LogP contribution in [0.1, 0.15) is 6.42 Å². The zero-order valence-corrected chi connectivity index (χ0v) is 7.46. The molecule has 0 aromatic carbocycles. The van der Waals surface area contributed by atoms with Gasteiger partial charge in [-0.05, 0) is 6.42 Å². The Kier molecular flexibility index (Phi) is 3.30. The number of piperidine rings is 1. The van der Waals surface area contributed by atoms with Crippen LogP contribution in [0.5, 0.6) is 0 Å². The Hall–Kier alpha value is 0.355. The van der Waals surface area contributed by atoms with Gasteiger partial charge in [0.15, 0.2) is 6.30 Å². The van der Waals surface area contributed by atoms with Crippen molar-refractivity contribution in [3.05, 3.63) is 0 Å². The first-order valence-corrected chi connectivity index (χ1v) is 4.40. The maximum atomic E-state index is 12.8. The molecule has 6 heteroatoms. The van der Waals surface area contributed by atoms with Gasteiger partial charge < -0.3 is 10.0 Å². The second kappa shape index (κ2) is 3.84. The van der Waals surface area contributed by atoms with Crippen LogP contribution in [0.4, 0.5) is 4.39 Å². The number of rotatable bonds is 1. The Bertz CT molecular complexity index is 140. The van der Waals surface area contributed by atoms with Gasteiger partial charge in [-0.1, -0.05) is 15.9 Å². The quantitative estimate of drug-likeness (QED) is 0.332. The van der Waals surface area contributed by atoms with Crippen LogP contribution in [0.2, 0.25) is 5.82 Å². The van der Waals surface area contributed by atoms with Crippen LogP contribution in [0, 0.1) is 0 Å². The molecule has 3 N–H and O–H groups in total. The highest BCUT2D eigenvalue weighted by Crippen LogP contribution is 2.27. The van der Waals surface area contributed by atoms with Crippen molar-refractivity contribution < 1.29 is 14.4 Å². The first-order chi connectivity index (χ1) is 5.11. The second-order valence-corrected chi connectivity index (χ2v) is 4.02. The van der Waals surface area contributed by atoms with Crippen LogP contribution >= 0.6 is 15.9 Å². The lowest BCUT2D eigenvalue weighted by molar-refractivity contribution is 0.200. The predicted molar refractivity (Wildman–Crippen MR) is 44.2 cm³/mol. The molecule has 1 heterocycles. The summed E-state index contributed by atoms with van der Waals surface area (Å²) >= 11 is 3.27. The molecular weight excluding hydrogens is 216 g/mol. The lowest BCUT2D eigenvalue weighted by atomic mass is 9.68. The van der Waals surface area contributed by atoms with Crippen molar-refractivity contribution in [2.75, 3.05) is 6.54 Å². The van der Waals surface area contributed by atoms with Gasteiger partial charge in [-0.15, -0.1) is 0 Å². The molecule has 0 radical (unpaired) electrons. The molecule has 3 atom stereocenters. The van der Waals surface area contributed by atoms with Gasteiger partial charge in [0.2, 0.25) is 0 Å². The van der Waals surface area contributed by atoms with Gasteiger partial charge in [0.1, 0.15) is 0 Å². The molecule has 1 aliphatic rings. The Labute approximate surface area is 73.3 Å². The van der Waals surface area contributed by atoms with E-state index in [0.717, 1.165) is 0 Å². The highest BCUT2D eigenvalue weighted by molar-refractivity contribution is 9.09. The van der Waals surface area contributed by atoms with Gasteiger partial charge >= 0.3 is 7.12 Å². The van der Waals surface area contributed by atoms with E-state index < -0.39 is 19.2 Å². The first kappa shape index (κ1) is 9.44. The highest BCUT2D eigenvalue weighted by Gasteiger charge is 2.36. The number of halogens is 2. The van der Waals surface area contributed by atoms with Crippen LogP contribution in [0.15, 0.2) is 0 Å². The van der Waals surface area contributed by atoms with E-state index in [1.807, 2.05) is 0 Å². The van der Waals surface area contributed by atoms with Gasteiger partial charge in [0, 0.05) is 17.2 Å². The lowest BCUT2D eigenvalue weighted by Gasteiger charge is -2.29. The molecule has 1 fully saturated rings. The predicted octanol–water partition coefficient (Wildman–Crippen LogP) is -0.118. The van der Waals surface area contributed by atoms with Gasteiger partial charge in [0.05, 0.1) is 0 Å². The minimum absolute atomic E-state index is 0.126. The van der Waals surface area contributed by atoms with E-state index >= 15 is 0 Å². The molecule has 0 amide bonds. The third kappa shape index (κ3) is 2.40. The summed E-state index contributed by atoms with van der Waals surface area (Å²) in [6.45, 7) is 0.532. The minimum atomic E-state index is -1.57. The molecule has 0 spiro atoms. The Morgan fingerprint density at radius 1 is 1.55 bits per heavy atom. The van der Waals surface area contributed by atoms with Gasteiger partial charge in [-0.25, -0.2) is 4.39 Å². The standard InChI is InChI=1S/C5H10BBrFNO2/c7-3-1-4(6(10)11)5(8)9-2-3/h3-5,9-11H,1-2H2. The Morgan fingerprint density at radius 3 is 2.64 bits per heavy atom. The maximum Gasteiger partial charge on any atom is 0.459 e. The van der Waals surface area contributed by atoms with Crippen LogP contribution in [-0.4, -0.2) is 34.8 Å². The summed E-state index contributed by atoms with van der Waals surface area (Å²) in [6, 6.07) is 0. The fourth-order valence-corrected chi connectivity index (χ4v) is 1.78. The molecule has 0 aromatic heterocycles. The third-order valence-corrected chi connectivity index (χ3v) is 2.52. The average Bonchev–Trinajstić information content (AvgIpc) is 1.94. The number of hydrogen-bond acceptors (Lipinski definition) is 3. The molecule has 3 nitrogen and oxygen atoms in total. The second-order valence-electron chi connectivity index (χ2n) is 2.72. The lowest BCUT2D eigenvalue weighted by Crippen LogP contribution is -2.46. The molecule has 1 aliphatic heterocycles. The molecule has 3 unspecified atom stereocenters. The zero-order valence-electron chi connectivity index (χ0n) is 5.87. The van der Waals surface area contributed by atoms with Crippen LogP contribution in [-0.2, 0) is 0 Å². The minimum Gasteiger partial charge on any atom is -0.427 e. The Morgan fingerprint density at radius 2 is 2.18 bits per heavy atom. The molecule has 1 rings (SSSR count). The SMILES string of the molecule is OB(O)C1CC(Br)CNC1F. The van der Waals surface area contributed by atoms with E-state index in [1.165, 1.54) is 0 Å². The summed E-state index contributed by atoms with van der Waals surface area (Å²) in [4.78, 5) is 0.126. The molecule has 64 valence electrons. The van der Waals surface area contributed by atoms with Crippen molar-refractivity contribution in [1.82, 2.24) is 5.32 Å². The summed E-state index contributed by atoms with van der Waals surface area (Å²) in [5.74, 6) is -0.715. The van der Waals surface area contributed by atoms with E-state index in [4.69, 9.17) is 10.0 Å². The average molecular weight is 226 g/mol. The van der Waals surface area contributed by atoms with Gasteiger partial charge in [-0.2, -0.15) is 0 Å². The van der Waals surface area contributed by atoms with E-state index in [0.29, 0.717) is 13.0 Å². The highest BCUT2D eigenvalue weighted by atomic mass is 79.9. The molecule has 0 aliphatic carbocycles. The maximum absolute atomic E-state index is 12.8. The molecule has 0 bridgehead atoms. The summed E-state index contributed by atoms with van der Waals surface area (Å²) < 4.78 is 12.8. The number of alkyl halides is 2. The van der Waals surface area contributed by atoms with E-state index in [-0.39, 0.29) is 4.83 Å². The summed E-state index contributed by atoms with van der Waals surface area (Å²) in [7, 11) is -1.57. The topological polar surface area (TPSA) is 52.5 Å². The molecule has 0 aromatic rings. The van der Waals surface area contributed by atoms with Crippen molar-refractivity contribution in [3.63, 3.8) is 0 Å². The van der Waals surface area contributed by atoms with Gasteiger partial charge in [-0.3, -0.25) is 5.32 Å². The number of nitrogens with one attached hydrogen (secondary N) is 1. The normalized spacial score (nSPS) is 38.7. The monoisotopic (exact) mass is 225 g/mol. The smallest absolute Gasteiger partial charge is 0.427 e. The fraction of sp³-hybridized carbons (Fsp3) is 1.00. The van der Waals surface area contributed by atoms with Crippen molar-refractivity contribution >= 4 is 23.0 Å². The van der Waals surface area contributed by atoms with E-state index in [1.54, 1.807) is 0 Å². The molecule has 0 saturated carbocycles. The summed E-state index contributed by atoms with van der Waals surface area (Å²) in [5.41, 5.74) is 0. The summed E-state index contributed by atoms with van der Waals surface area (Å²) in [6.07, 6.45) is -0.852. The Balaban J connectivity index is 2.47. The fourth-order valence-electron chi connectivity index (χ4n) is 1.16. The molecule has 11 heavy (non-hydrogen) atoms. The number of hydrogen-bond donors (Lipinski definition) is 3. The summed E-state index contributed by atoms with van der Waals surface area (Å²) in [5, 5.41) is 20.0. The van der Waals surface area contributed by atoms with Crippen LogP contribution in [0.25, 0.3) is 0 Å². The van der Waals surface area contributed by atoms with Gasteiger partial charge in [0.25, 0.3) is 0 Å². The zero-order chi connectivity index (χ0) is 8.43. The molecular formula is C5H10BBrFNO2. The van der Waals surface area contributed by atoms with Crippen molar-refractivity contribution in [1.29, 1.82) is 0 Å². The van der Waals surface area contributed by atoms with Crippen LogP contribution in [0.3, 0.4) is 0 Å². The van der Waals surface area contributed by atoms with E-state index in [2.05, 4.69) is 21.2 Å². The van der Waals surface area contributed by atoms with Crippen LogP contribution < -0.4 is 5.32 Å². The van der Waals surface area contributed by atoms with Crippen molar-refractivity contribution in [2.24, 2.45) is 0 Å². The largest absolute Gasteiger partial charge is 0.459 e. The first-order valence-electron chi connectivity index (χ1n) is 3.49. The molecule has 1 saturated heterocycles.